The van der Waals surface area contributed by atoms with Crippen molar-refractivity contribution in [3.05, 3.63) is 77.5 Å². The van der Waals surface area contributed by atoms with Crippen molar-refractivity contribution in [3.8, 4) is 0 Å². The minimum atomic E-state index is -0.988. The van der Waals surface area contributed by atoms with Gasteiger partial charge in [0.1, 0.15) is 0 Å². The molecular formula is C26H28O3. The Morgan fingerprint density at radius 3 is 1.69 bits per heavy atom. The molecule has 0 aliphatic heterocycles. The van der Waals surface area contributed by atoms with Gasteiger partial charge in [0.2, 0.25) is 5.76 Å². The van der Waals surface area contributed by atoms with Crippen LogP contribution in [0.25, 0.3) is 5.57 Å². The number of benzene rings is 2. The number of hydrogen-bond acceptors (Lipinski definition) is 2. The Morgan fingerprint density at radius 2 is 1.28 bits per heavy atom. The number of carbonyl (C=O) groups is 1. The first-order valence-electron chi connectivity index (χ1n) is 10.8. The third-order valence-corrected chi connectivity index (χ3v) is 7.23. The molecule has 4 saturated carbocycles. The maximum atomic E-state index is 12.3. The van der Waals surface area contributed by atoms with Crippen LogP contribution in [0.5, 0.6) is 0 Å². The molecule has 3 heteroatoms. The lowest BCUT2D eigenvalue weighted by Gasteiger charge is -2.56. The van der Waals surface area contributed by atoms with Crippen LogP contribution in [0.15, 0.2) is 66.4 Å². The van der Waals surface area contributed by atoms with E-state index in [9.17, 15) is 9.90 Å². The summed E-state index contributed by atoms with van der Waals surface area (Å²) in [6.07, 6.45) is 7.74. The molecule has 150 valence electrons. The number of carboxylic acid groups (broad SMARTS) is 1. The molecule has 2 aromatic rings. The van der Waals surface area contributed by atoms with E-state index >= 15 is 0 Å². The van der Waals surface area contributed by atoms with E-state index in [-0.39, 0.29) is 11.2 Å². The quantitative estimate of drug-likeness (QED) is 0.505. The first kappa shape index (κ1) is 18.5. The molecule has 6 rings (SSSR count). The predicted octanol–water partition coefficient (Wildman–Crippen LogP) is 5.76. The van der Waals surface area contributed by atoms with Crippen molar-refractivity contribution in [1.82, 2.24) is 0 Å². The summed E-state index contributed by atoms with van der Waals surface area (Å²) < 4.78 is 6.24. The molecule has 4 aliphatic rings. The highest BCUT2D eigenvalue weighted by Gasteiger charge is 2.51. The summed E-state index contributed by atoms with van der Waals surface area (Å²) >= 11 is 0. The lowest BCUT2D eigenvalue weighted by molar-refractivity contribution is -0.139. The molecule has 0 atom stereocenters. The number of ether oxygens (including phenoxy) is 1. The SMILES string of the molecule is O=C(O)C(OCC12CC3CC(CC(C3)C1)C2)=C(c1ccccc1)c1ccccc1. The van der Waals surface area contributed by atoms with Gasteiger partial charge in [0.15, 0.2) is 0 Å². The van der Waals surface area contributed by atoms with E-state index in [0.29, 0.717) is 12.2 Å². The summed E-state index contributed by atoms with van der Waals surface area (Å²) in [5.41, 5.74) is 2.60. The van der Waals surface area contributed by atoms with Crippen molar-refractivity contribution < 1.29 is 14.6 Å². The number of aliphatic carboxylic acids is 1. The van der Waals surface area contributed by atoms with E-state index in [2.05, 4.69) is 0 Å². The molecule has 0 radical (unpaired) electrons. The van der Waals surface area contributed by atoms with Crippen LogP contribution in [-0.2, 0) is 9.53 Å². The second-order valence-corrected chi connectivity index (χ2v) is 9.45. The summed E-state index contributed by atoms with van der Waals surface area (Å²) in [4.78, 5) is 12.3. The van der Waals surface area contributed by atoms with E-state index in [1.807, 2.05) is 60.7 Å². The van der Waals surface area contributed by atoms with Gasteiger partial charge in [-0.1, -0.05) is 60.7 Å². The summed E-state index contributed by atoms with van der Waals surface area (Å²) in [6.45, 7) is 0.529. The first-order chi connectivity index (χ1) is 14.1. The highest BCUT2D eigenvalue weighted by molar-refractivity contribution is 5.99. The van der Waals surface area contributed by atoms with E-state index in [1.54, 1.807) is 0 Å². The largest absolute Gasteiger partial charge is 0.486 e. The van der Waals surface area contributed by atoms with Crippen molar-refractivity contribution in [2.24, 2.45) is 23.2 Å². The molecule has 4 fully saturated rings. The normalized spacial score (nSPS) is 29.4. The highest BCUT2D eigenvalue weighted by Crippen LogP contribution is 2.60. The number of rotatable bonds is 6. The molecule has 29 heavy (non-hydrogen) atoms. The van der Waals surface area contributed by atoms with Gasteiger partial charge in [-0.2, -0.15) is 0 Å². The van der Waals surface area contributed by atoms with Crippen LogP contribution in [0.1, 0.15) is 49.7 Å². The molecule has 0 amide bonds. The van der Waals surface area contributed by atoms with Gasteiger partial charge in [0.05, 0.1) is 6.61 Å². The van der Waals surface area contributed by atoms with Crippen LogP contribution in [0.2, 0.25) is 0 Å². The lowest BCUT2D eigenvalue weighted by atomic mass is 9.50. The van der Waals surface area contributed by atoms with E-state index in [0.717, 1.165) is 28.9 Å². The van der Waals surface area contributed by atoms with E-state index < -0.39 is 5.97 Å². The van der Waals surface area contributed by atoms with E-state index in [4.69, 9.17) is 4.74 Å². The van der Waals surface area contributed by atoms with Crippen molar-refractivity contribution in [1.29, 1.82) is 0 Å². The monoisotopic (exact) mass is 388 g/mol. The van der Waals surface area contributed by atoms with Crippen molar-refractivity contribution in [3.63, 3.8) is 0 Å². The maximum Gasteiger partial charge on any atom is 0.371 e. The number of carboxylic acids is 1. The molecule has 3 nitrogen and oxygen atoms in total. The lowest BCUT2D eigenvalue weighted by Crippen LogP contribution is -2.48. The van der Waals surface area contributed by atoms with Gasteiger partial charge < -0.3 is 9.84 Å². The Balaban J connectivity index is 1.50. The third kappa shape index (κ3) is 3.59. The zero-order chi connectivity index (χ0) is 19.8. The molecule has 4 aliphatic carbocycles. The smallest absolute Gasteiger partial charge is 0.371 e. The zero-order valence-electron chi connectivity index (χ0n) is 16.7. The van der Waals surface area contributed by atoms with Crippen LogP contribution in [0, 0.1) is 23.2 Å². The van der Waals surface area contributed by atoms with Crippen LogP contribution >= 0.6 is 0 Å². The second kappa shape index (κ2) is 7.37. The van der Waals surface area contributed by atoms with Gasteiger partial charge in [-0.25, -0.2) is 4.79 Å². The van der Waals surface area contributed by atoms with Gasteiger partial charge in [0.25, 0.3) is 0 Å². The van der Waals surface area contributed by atoms with Crippen LogP contribution in [-0.4, -0.2) is 17.7 Å². The average molecular weight is 389 g/mol. The fourth-order valence-electron chi connectivity index (χ4n) is 6.57. The molecule has 0 heterocycles. The molecule has 2 aromatic carbocycles. The molecule has 4 bridgehead atoms. The Morgan fingerprint density at radius 1 is 0.828 bits per heavy atom. The minimum absolute atomic E-state index is 0.0816. The highest BCUT2D eigenvalue weighted by atomic mass is 16.5. The summed E-state index contributed by atoms with van der Waals surface area (Å²) in [7, 11) is 0. The topological polar surface area (TPSA) is 46.5 Å². The van der Waals surface area contributed by atoms with Crippen LogP contribution in [0.3, 0.4) is 0 Å². The predicted molar refractivity (Wildman–Crippen MR) is 113 cm³/mol. The molecule has 0 aromatic heterocycles. The van der Waals surface area contributed by atoms with Gasteiger partial charge in [-0.15, -0.1) is 0 Å². The Hall–Kier alpha value is -2.55. The maximum absolute atomic E-state index is 12.3. The number of hydrogen-bond donors (Lipinski definition) is 1. The fourth-order valence-corrected chi connectivity index (χ4v) is 6.57. The first-order valence-corrected chi connectivity index (χ1v) is 10.8. The molecule has 1 N–H and O–H groups in total. The van der Waals surface area contributed by atoms with Crippen LogP contribution in [0.4, 0.5) is 0 Å². The summed E-state index contributed by atoms with van der Waals surface area (Å²) in [5.74, 6) is 1.56. The molecule has 0 unspecified atom stereocenters. The van der Waals surface area contributed by atoms with Crippen molar-refractivity contribution >= 4 is 11.5 Å². The molecular weight excluding hydrogens is 360 g/mol. The minimum Gasteiger partial charge on any atom is -0.486 e. The molecule has 0 spiro atoms. The van der Waals surface area contributed by atoms with Crippen LogP contribution < -0.4 is 0 Å². The third-order valence-electron chi connectivity index (χ3n) is 7.23. The second-order valence-electron chi connectivity index (χ2n) is 9.45. The Kier molecular flexibility index (Phi) is 4.69. The average Bonchev–Trinajstić information content (AvgIpc) is 2.71. The Labute approximate surface area is 172 Å². The van der Waals surface area contributed by atoms with E-state index in [1.165, 1.54) is 38.5 Å². The summed E-state index contributed by atoms with van der Waals surface area (Å²) in [6, 6.07) is 19.5. The van der Waals surface area contributed by atoms with Gasteiger partial charge in [-0.05, 0) is 67.4 Å². The molecule has 0 saturated heterocycles. The van der Waals surface area contributed by atoms with Gasteiger partial charge in [-0.3, -0.25) is 0 Å². The van der Waals surface area contributed by atoms with Crippen molar-refractivity contribution in [2.45, 2.75) is 38.5 Å². The zero-order valence-corrected chi connectivity index (χ0v) is 16.7. The van der Waals surface area contributed by atoms with Gasteiger partial charge >= 0.3 is 5.97 Å². The summed E-state index contributed by atoms with van der Waals surface area (Å²) in [5, 5.41) is 10.1. The fraction of sp³-hybridized carbons (Fsp3) is 0.423. The standard InChI is InChI=1S/C26H28O3/c27-25(28)24(23(21-7-3-1-4-8-21)22-9-5-2-6-10-22)29-17-26-14-18-11-19(15-26)13-20(12-18)16-26/h1-10,18-20H,11-17H2,(H,27,28). The van der Waals surface area contributed by atoms with Crippen molar-refractivity contribution in [2.75, 3.05) is 6.61 Å². The van der Waals surface area contributed by atoms with Gasteiger partial charge in [0, 0.05) is 11.0 Å². The Bertz CT molecular complexity index is 837.